The van der Waals surface area contributed by atoms with Crippen LogP contribution in [0.25, 0.3) is 34.0 Å². The number of hydrogen-bond donors (Lipinski definition) is 2. The normalized spacial score (nSPS) is 20.2. The Morgan fingerprint density at radius 2 is 1.05 bits per heavy atom. The summed E-state index contributed by atoms with van der Waals surface area (Å²) in [5.41, 5.74) is 8.79. The number of rotatable bonds is 15. The Kier molecular flexibility index (Phi) is 11.6. The van der Waals surface area contributed by atoms with Gasteiger partial charge in [0.2, 0.25) is 21.9 Å². The molecular weight excluding hydrogens is 853 g/mol. The number of aromatic nitrogens is 2. The second-order valence-corrected chi connectivity index (χ2v) is 20.8. The molecule has 0 saturated carbocycles. The molecule has 2 unspecified atom stereocenters. The summed E-state index contributed by atoms with van der Waals surface area (Å²) >= 11 is 3.49. The molecule has 0 spiro atoms. The summed E-state index contributed by atoms with van der Waals surface area (Å²) in [6.07, 6.45) is 8.70. The zero-order chi connectivity index (χ0) is 42.3. The number of thioether (sulfide) groups is 2. The van der Waals surface area contributed by atoms with E-state index in [1.807, 2.05) is 24.3 Å². The van der Waals surface area contributed by atoms with Gasteiger partial charge in [-0.1, -0.05) is 118 Å². The number of amides is 2. The number of fused-ring (bicyclic) bond motifs is 8. The van der Waals surface area contributed by atoms with Crippen molar-refractivity contribution < 1.29 is 19.1 Å². The average molecular weight is 901 g/mol. The molecule has 62 heavy (non-hydrogen) atoms. The van der Waals surface area contributed by atoms with Gasteiger partial charge >= 0.3 is 0 Å². The third-order valence-corrected chi connectivity index (χ3v) is 17.1. The Hall–Kier alpha value is -4.70. The Morgan fingerprint density at radius 3 is 1.52 bits per heavy atom. The maximum atomic E-state index is 13.3. The molecule has 2 aromatic heterocycles. The third kappa shape index (κ3) is 7.62. The highest BCUT2D eigenvalue weighted by atomic mass is 33.1. The van der Waals surface area contributed by atoms with Crippen LogP contribution in [-0.2, 0) is 32.2 Å². The maximum Gasteiger partial charge on any atom is 0.239 e. The fraction of sp³-hybridized carbons (Fsp3) is 0.292. The van der Waals surface area contributed by atoms with Gasteiger partial charge in [-0.25, -0.2) is 0 Å². The van der Waals surface area contributed by atoms with E-state index in [4.69, 9.17) is 9.47 Å². The minimum absolute atomic E-state index is 0.0176. The van der Waals surface area contributed by atoms with E-state index in [-0.39, 0.29) is 24.9 Å². The van der Waals surface area contributed by atoms with Crippen molar-refractivity contribution in [2.45, 2.75) is 46.8 Å². The van der Waals surface area contributed by atoms with Gasteiger partial charge in [0.15, 0.2) is 0 Å². The van der Waals surface area contributed by atoms with Crippen molar-refractivity contribution in [3.8, 4) is 0 Å². The topological polar surface area (TPSA) is 93.0 Å². The van der Waals surface area contributed by atoms with Gasteiger partial charge in [0.1, 0.15) is 13.1 Å². The van der Waals surface area contributed by atoms with Gasteiger partial charge < -0.3 is 39.0 Å². The summed E-state index contributed by atoms with van der Waals surface area (Å²) < 4.78 is 16.9. The van der Waals surface area contributed by atoms with Crippen molar-refractivity contribution >= 4 is 102 Å². The smallest absolute Gasteiger partial charge is 0.239 e. The van der Waals surface area contributed by atoms with E-state index >= 15 is 0 Å². The van der Waals surface area contributed by atoms with Crippen LogP contribution in [0.15, 0.2) is 119 Å². The Bertz CT molecular complexity index is 2560. The molecule has 2 atom stereocenters. The molecule has 14 heteroatoms. The van der Waals surface area contributed by atoms with Crippen LogP contribution >= 0.6 is 45.1 Å². The van der Waals surface area contributed by atoms with Gasteiger partial charge in [0.25, 0.3) is 0 Å². The second-order valence-electron chi connectivity index (χ2n) is 15.6. The SMILES string of the molecule is Cc1c(/C=C/C23OCCN2c2ccccc2S3)c2ccccc2n1CC(=O)NCCSSCCNC(=O)Cn1c(C)c(/C=C/C23OCCN2c2ccccc2S3)c2ccccc21. The molecular formula is C48H48N6O4S4. The third-order valence-electron chi connectivity index (χ3n) is 12.0. The first kappa shape index (κ1) is 41.3. The lowest BCUT2D eigenvalue weighted by molar-refractivity contribution is -0.122. The highest BCUT2D eigenvalue weighted by Gasteiger charge is 2.49. The van der Waals surface area contributed by atoms with Gasteiger partial charge in [0, 0.05) is 91.8 Å². The Morgan fingerprint density at radius 1 is 0.629 bits per heavy atom. The quantitative estimate of drug-likeness (QED) is 0.0769. The van der Waals surface area contributed by atoms with E-state index in [0.717, 1.165) is 68.9 Å². The highest BCUT2D eigenvalue weighted by molar-refractivity contribution is 8.76. The number of carbonyl (C=O) groups is 2. The van der Waals surface area contributed by atoms with Crippen molar-refractivity contribution in [3.05, 3.63) is 132 Å². The zero-order valence-electron chi connectivity index (χ0n) is 34.7. The molecule has 318 valence electrons. The molecule has 10 rings (SSSR count). The summed E-state index contributed by atoms with van der Waals surface area (Å²) in [6.45, 7) is 8.85. The fourth-order valence-electron chi connectivity index (χ4n) is 9.07. The van der Waals surface area contributed by atoms with Crippen LogP contribution in [-0.4, -0.2) is 82.0 Å². The number of benzene rings is 4. The molecule has 10 nitrogen and oxygen atoms in total. The summed E-state index contributed by atoms with van der Waals surface area (Å²) in [5.74, 6) is 1.50. The van der Waals surface area contributed by atoms with E-state index in [9.17, 15) is 9.59 Å². The van der Waals surface area contributed by atoms with Crippen molar-refractivity contribution in [1.29, 1.82) is 0 Å². The highest BCUT2D eigenvalue weighted by Crippen LogP contribution is 2.55. The molecule has 2 fully saturated rings. The lowest BCUT2D eigenvalue weighted by Gasteiger charge is -2.27. The second kappa shape index (κ2) is 17.5. The van der Waals surface area contributed by atoms with Crippen molar-refractivity contribution in [2.75, 3.05) is 60.7 Å². The summed E-state index contributed by atoms with van der Waals surface area (Å²) in [5, 5.41) is 7.34. The molecule has 4 aliphatic heterocycles. The van der Waals surface area contributed by atoms with Gasteiger partial charge in [-0.3, -0.25) is 9.59 Å². The lowest BCUT2D eigenvalue weighted by Crippen LogP contribution is -2.36. The number of hydrogen-bond acceptors (Lipinski definition) is 10. The molecule has 0 aliphatic carbocycles. The van der Waals surface area contributed by atoms with Crippen molar-refractivity contribution in [1.82, 2.24) is 19.8 Å². The molecule has 6 aromatic rings. The minimum atomic E-state index is -0.560. The van der Waals surface area contributed by atoms with E-state index in [1.165, 1.54) is 21.2 Å². The number of nitrogens with one attached hydrogen (secondary N) is 2. The number of para-hydroxylation sites is 4. The maximum absolute atomic E-state index is 13.3. The number of ether oxygens (including phenoxy) is 2. The van der Waals surface area contributed by atoms with Crippen LogP contribution < -0.4 is 20.4 Å². The first-order valence-corrected chi connectivity index (χ1v) is 25.2. The molecule has 4 aromatic carbocycles. The van der Waals surface area contributed by atoms with Crippen molar-refractivity contribution in [2.24, 2.45) is 0 Å². The first-order chi connectivity index (χ1) is 30.3. The molecule has 2 saturated heterocycles. The van der Waals surface area contributed by atoms with E-state index < -0.39 is 10.1 Å². The molecule has 2 amide bonds. The average Bonchev–Trinajstić information content (AvgIpc) is 4.11. The van der Waals surface area contributed by atoms with Gasteiger partial charge in [0.05, 0.1) is 24.6 Å². The van der Waals surface area contributed by atoms with Gasteiger partial charge in [-0.15, -0.1) is 0 Å². The first-order valence-electron chi connectivity index (χ1n) is 21.1. The largest absolute Gasteiger partial charge is 0.354 e. The van der Waals surface area contributed by atoms with Crippen LogP contribution in [0, 0.1) is 13.8 Å². The lowest BCUT2D eigenvalue weighted by atomic mass is 10.1. The molecule has 0 radical (unpaired) electrons. The summed E-state index contributed by atoms with van der Waals surface area (Å²) in [4.78, 5) is 33.6. The van der Waals surface area contributed by atoms with Crippen LogP contribution in [0.2, 0.25) is 0 Å². The van der Waals surface area contributed by atoms with E-state index in [2.05, 4.69) is 141 Å². The number of anilines is 2. The Balaban J connectivity index is 0.690. The van der Waals surface area contributed by atoms with Crippen LogP contribution in [0.1, 0.15) is 22.5 Å². The molecule has 0 bridgehead atoms. The Labute approximate surface area is 378 Å². The molecule has 2 N–H and O–H groups in total. The number of carbonyl (C=O) groups excluding carboxylic acids is 2. The van der Waals surface area contributed by atoms with Crippen LogP contribution in [0.5, 0.6) is 0 Å². The number of nitrogens with zero attached hydrogens (tertiary/aromatic N) is 4. The van der Waals surface area contributed by atoms with Crippen molar-refractivity contribution in [3.63, 3.8) is 0 Å². The van der Waals surface area contributed by atoms with E-state index in [1.54, 1.807) is 45.1 Å². The predicted octanol–water partition coefficient (Wildman–Crippen LogP) is 9.15. The molecule has 4 aliphatic rings. The monoisotopic (exact) mass is 900 g/mol. The van der Waals surface area contributed by atoms with Crippen LogP contribution in [0.4, 0.5) is 11.4 Å². The minimum Gasteiger partial charge on any atom is -0.354 e. The van der Waals surface area contributed by atoms with E-state index in [0.29, 0.717) is 26.3 Å². The fourth-order valence-corrected chi connectivity index (χ4v) is 13.5. The van der Waals surface area contributed by atoms with Gasteiger partial charge in [-0.05, 0) is 62.4 Å². The standard InChI is InChI=1S/C48H48N6O4S4/c1-33-35(19-21-47-53(25-27-57-47)41-15-7-9-17-43(41)61-47)37-11-3-5-13-39(37)51(33)31-45(55)49-23-29-59-60-30-24-50-46(56)32-52-34(2)36(38-12-4-6-14-40(38)52)20-22-48-54(26-28-58-48)42-16-8-10-18-44(42)62-48/h3-22H,23-32H2,1-2H3,(H,49,55)(H,50,56)/b21-19+,22-20+. The molecule has 6 heterocycles. The predicted molar refractivity (Wildman–Crippen MR) is 259 cm³/mol. The van der Waals surface area contributed by atoms with Gasteiger partial charge in [-0.2, -0.15) is 0 Å². The zero-order valence-corrected chi connectivity index (χ0v) is 37.9. The summed E-state index contributed by atoms with van der Waals surface area (Å²) in [6, 6.07) is 33.5. The summed E-state index contributed by atoms with van der Waals surface area (Å²) in [7, 11) is 3.40. The van der Waals surface area contributed by atoms with Crippen LogP contribution in [0.3, 0.4) is 0 Å².